The van der Waals surface area contributed by atoms with Crippen LogP contribution in [0.4, 0.5) is 0 Å². The molecule has 0 spiro atoms. The van der Waals surface area contributed by atoms with Crippen molar-refractivity contribution in [1.82, 2.24) is 20.3 Å². The van der Waals surface area contributed by atoms with Crippen molar-refractivity contribution in [3.63, 3.8) is 0 Å². The van der Waals surface area contributed by atoms with E-state index in [9.17, 15) is 14.4 Å². The van der Waals surface area contributed by atoms with Crippen LogP contribution in [0.5, 0.6) is 5.75 Å². The average molecular weight is 332 g/mol. The standard InChI is InChI=1S/C16H20N4O4/c1-8-6-17-12(9(2)14(8)24-4)7-18-13(21)5-11-10(3)19-16(23)20-15(11)22/h6H,5,7H2,1-4H3,(H,18,21)(H2,19,20,22,23). The van der Waals surface area contributed by atoms with Crippen LogP contribution in [0.25, 0.3) is 0 Å². The second kappa shape index (κ2) is 7.12. The quantitative estimate of drug-likeness (QED) is 0.725. The SMILES string of the molecule is COc1c(C)cnc(CNC(=O)Cc2c(C)[nH]c(=O)[nH]c2=O)c1C. The summed E-state index contributed by atoms with van der Waals surface area (Å²) in [5, 5.41) is 2.73. The monoisotopic (exact) mass is 332 g/mol. The minimum absolute atomic E-state index is 0.125. The molecule has 0 unspecified atom stereocenters. The van der Waals surface area contributed by atoms with Gasteiger partial charge in [0.1, 0.15) is 5.75 Å². The Morgan fingerprint density at radius 1 is 1.25 bits per heavy atom. The number of hydrogen-bond donors (Lipinski definition) is 3. The van der Waals surface area contributed by atoms with Gasteiger partial charge in [-0.25, -0.2) is 4.79 Å². The molecule has 0 aliphatic rings. The second-order valence-electron chi connectivity index (χ2n) is 5.51. The maximum absolute atomic E-state index is 12.1. The molecule has 2 heterocycles. The fourth-order valence-corrected chi connectivity index (χ4v) is 2.49. The van der Waals surface area contributed by atoms with Gasteiger partial charge < -0.3 is 15.0 Å². The van der Waals surface area contributed by atoms with Crippen LogP contribution >= 0.6 is 0 Å². The molecule has 24 heavy (non-hydrogen) atoms. The van der Waals surface area contributed by atoms with Gasteiger partial charge in [0.25, 0.3) is 5.56 Å². The van der Waals surface area contributed by atoms with Gasteiger partial charge in [-0.1, -0.05) is 0 Å². The highest BCUT2D eigenvalue weighted by atomic mass is 16.5. The first-order valence-corrected chi connectivity index (χ1v) is 7.41. The summed E-state index contributed by atoms with van der Waals surface area (Å²) in [5.41, 5.74) is 1.93. The number of H-pyrrole nitrogens is 2. The number of ether oxygens (including phenoxy) is 1. The molecule has 0 radical (unpaired) electrons. The third-order valence-corrected chi connectivity index (χ3v) is 3.79. The summed E-state index contributed by atoms with van der Waals surface area (Å²) >= 11 is 0. The number of hydrogen-bond acceptors (Lipinski definition) is 5. The lowest BCUT2D eigenvalue weighted by molar-refractivity contribution is -0.120. The third-order valence-electron chi connectivity index (χ3n) is 3.79. The zero-order valence-corrected chi connectivity index (χ0v) is 14.1. The first-order valence-electron chi connectivity index (χ1n) is 7.41. The molecule has 8 heteroatoms. The van der Waals surface area contributed by atoms with Crippen molar-refractivity contribution >= 4 is 5.91 Å². The first kappa shape index (κ1) is 17.5. The Morgan fingerprint density at radius 2 is 1.96 bits per heavy atom. The predicted molar refractivity (Wildman–Crippen MR) is 88.2 cm³/mol. The van der Waals surface area contributed by atoms with E-state index in [-0.39, 0.29) is 24.4 Å². The number of pyridine rings is 1. The molecule has 0 saturated heterocycles. The van der Waals surface area contributed by atoms with Crippen molar-refractivity contribution in [2.45, 2.75) is 33.7 Å². The fourth-order valence-electron chi connectivity index (χ4n) is 2.49. The molecule has 0 bridgehead atoms. The Morgan fingerprint density at radius 3 is 2.58 bits per heavy atom. The topological polar surface area (TPSA) is 117 Å². The highest BCUT2D eigenvalue weighted by Crippen LogP contribution is 2.23. The van der Waals surface area contributed by atoms with Crippen molar-refractivity contribution in [3.05, 3.63) is 55.1 Å². The van der Waals surface area contributed by atoms with Crippen molar-refractivity contribution in [3.8, 4) is 5.75 Å². The van der Waals surface area contributed by atoms with E-state index < -0.39 is 11.2 Å². The molecule has 128 valence electrons. The van der Waals surface area contributed by atoms with E-state index in [1.54, 1.807) is 20.2 Å². The second-order valence-corrected chi connectivity index (χ2v) is 5.51. The van der Waals surface area contributed by atoms with E-state index in [4.69, 9.17) is 4.74 Å². The highest BCUT2D eigenvalue weighted by molar-refractivity contribution is 5.78. The molecule has 2 aromatic rings. The number of methoxy groups -OCH3 is 1. The summed E-state index contributed by atoms with van der Waals surface area (Å²) in [6.07, 6.45) is 1.56. The van der Waals surface area contributed by atoms with Crippen LogP contribution in [0, 0.1) is 20.8 Å². The number of rotatable bonds is 5. The van der Waals surface area contributed by atoms with Gasteiger partial charge in [0, 0.05) is 28.6 Å². The molecule has 0 aliphatic carbocycles. The Kier molecular flexibility index (Phi) is 5.18. The molecule has 2 rings (SSSR count). The number of carbonyl (C=O) groups is 1. The van der Waals surface area contributed by atoms with Crippen molar-refractivity contribution < 1.29 is 9.53 Å². The molecule has 2 aromatic heterocycles. The van der Waals surface area contributed by atoms with E-state index >= 15 is 0 Å². The van der Waals surface area contributed by atoms with Crippen molar-refractivity contribution in [2.24, 2.45) is 0 Å². The summed E-state index contributed by atoms with van der Waals surface area (Å²) in [6, 6.07) is 0. The maximum Gasteiger partial charge on any atom is 0.325 e. The normalized spacial score (nSPS) is 10.5. The van der Waals surface area contributed by atoms with E-state index in [1.165, 1.54) is 0 Å². The highest BCUT2D eigenvalue weighted by Gasteiger charge is 2.13. The predicted octanol–water partition coefficient (Wildman–Crippen LogP) is 0.251. The number of nitrogens with zero attached hydrogens (tertiary/aromatic N) is 1. The summed E-state index contributed by atoms with van der Waals surface area (Å²) in [5.74, 6) is 0.401. The lowest BCUT2D eigenvalue weighted by Crippen LogP contribution is -2.32. The summed E-state index contributed by atoms with van der Waals surface area (Å²) in [4.78, 5) is 43.9. The molecule has 0 fully saturated rings. The molecule has 0 atom stereocenters. The van der Waals surface area contributed by atoms with E-state index in [2.05, 4.69) is 20.3 Å². The van der Waals surface area contributed by atoms with Gasteiger partial charge in [0.05, 0.1) is 25.8 Å². The van der Waals surface area contributed by atoms with Gasteiger partial charge in [-0.3, -0.25) is 19.6 Å². The molecule has 1 amide bonds. The molecular formula is C16H20N4O4. The number of aryl methyl sites for hydroxylation is 2. The Balaban J connectivity index is 2.10. The van der Waals surface area contributed by atoms with Crippen LogP contribution < -0.4 is 21.3 Å². The summed E-state index contributed by atoms with van der Waals surface area (Å²) in [6.45, 7) is 5.57. The van der Waals surface area contributed by atoms with Crippen LogP contribution in [0.3, 0.4) is 0 Å². The van der Waals surface area contributed by atoms with Gasteiger partial charge in [0.2, 0.25) is 5.91 Å². The molecular weight excluding hydrogens is 312 g/mol. The number of amides is 1. The van der Waals surface area contributed by atoms with Gasteiger partial charge >= 0.3 is 5.69 Å². The largest absolute Gasteiger partial charge is 0.496 e. The summed E-state index contributed by atoms with van der Waals surface area (Å²) < 4.78 is 5.33. The molecule has 0 saturated carbocycles. The number of nitrogens with one attached hydrogen (secondary N) is 3. The van der Waals surface area contributed by atoms with Gasteiger partial charge in [-0.15, -0.1) is 0 Å². The summed E-state index contributed by atoms with van der Waals surface area (Å²) in [7, 11) is 1.59. The minimum Gasteiger partial charge on any atom is -0.496 e. The molecule has 0 aromatic carbocycles. The van der Waals surface area contributed by atoms with Gasteiger partial charge in [0.15, 0.2) is 0 Å². The van der Waals surface area contributed by atoms with Crippen LogP contribution in [-0.4, -0.2) is 28.0 Å². The third kappa shape index (κ3) is 3.70. The average Bonchev–Trinajstić information content (AvgIpc) is 2.50. The van der Waals surface area contributed by atoms with Gasteiger partial charge in [-0.2, -0.15) is 0 Å². The van der Waals surface area contributed by atoms with Crippen molar-refractivity contribution in [2.75, 3.05) is 7.11 Å². The maximum atomic E-state index is 12.1. The number of carbonyl (C=O) groups excluding carboxylic acids is 1. The number of aromatic amines is 2. The van der Waals surface area contributed by atoms with E-state index in [0.29, 0.717) is 11.4 Å². The van der Waals surface area contributed by atoms with Crippen LogP contribution in [-0.2, 0) is 17.8 Å². The smallest absolute Gasteiger partial charge is 0.325 e. The Hall–Kier alpha value is -2.90. The molecule has 0 aliphatic heterocycles. The van der Waals surface area contributed by atoms with Gasteiger partial charge in [-0.05, 0) is 20.8 Å². The molecule has 3 N–H and O–H groups in total. The lowest BCUT2D eigenvalue weighted by Gasteiger charge is -2.13. The fraction of sp³-hybridized carbons (Fsp3) is 0.375. The first-order chi connectivity index (χ1) is 11.3. The van der Waals surface area contributed by atoms with Crippen molar-refractivity contribution in [1.29, 1.82) is 0 Å². The minimum atomic E-state index is -0.590. The van der Waals surface area contributed by atoms with Crippen LogP contribution in [0.1, 0.15) is 28.1 Å². The van der Waals surface area contributed by atoms with Crippen LogP contribution in [0.2, 0.25) is 0 Å². The zero-order valence-electron chi connectivity index (χ0n) is 14.1. The Labute approximate surface area is 138 Å². The van der Waals surface area contributed by atoms with E-state index in [1.807, 2.05) is 13.8 Å². The van der Waals surface area contributed by atoms with E-state index in [0.717, 1.165) is 16.9 Å². The zero-order chi connectivity index (χ0) is 17.9. The Bertz CT molecular complexity index is 883. The lowest BCUT2D eigenvalue weighted by atomic mass is 10.1. The van der Waals surface area contributed by atoms with Crippen LogP contribution in [0.15, 0.2) is 15.8 Å². The number of aromatic nitrogens is 3. The molecule has 8 nitrogen and oxygen atoms in total.